The summed E-state index contributed by atoms with van der Waals surface area (Å²) in [7, 11) is -4.51. The Balaban J connectivity index is 2.13. The maximum absolute atomic E-state index is 11.3. The highest BCUT2D eigenvalue weighted by Gasteiger charge is 2.19. The number of nitrogens with two attached hydrogens (primary N) is 1. The van der Waals surface area contributed by atoms with Gasteiger partial charge in [-0.05, 0) is 24.3 Å². The lowest BCUT2D eigenvalue weighted by Crippen LogP contribution is -2.04. The first-order valence-electron chi connectivity index (χ1n) is 6.71. The highest BCUT2D eigenvalue weighted by Crippen LogP contribution is 2.36. The molecular formula is C16H14N2O4S. The van der Waals surface area contributed by atoms with Crippen LogP contribution in [0.1, 0.15) is 0 Å². The van der Waals surface area contributed by atoms with Gasteiger partial charge in [0.25, 0.3) is 10.1 Å². The maximum Gasteiger partial charge on any atom is 0.296 e. The van der Waals surface area contributed by atoms with Gasteiger partial charge in [0.1, 0.15) is 10.6 Å². The third kappa shape index (κ3) is 2.92. The molecule has 118 valence electrons. The van der Waals surface area contributed by atoms with Crippen molar-refractivity contribution in [3.63, 3.8) is 0 Å². The molecule has 6 nitrogen and oxygen atoms in total. The van der Waals surface area contributed by atoms with E-state index in [1.807, 2.05) is 30.3 Å². The highest BCUT2D eigenvalue weighted by molar-refractivity contribution is 7.86. The number of phenolic OH excluding ortho intramolecular Hbond substituents is 1. The van der Waals surface area contributed by atoms with Gasteiger partial charge in [-0.25, -0.2) is 0 Å². The standard InChI is InChI=1S/C16H14N2O4S/c17-16-12-7-6-11(18-10-4-2-1-3-5-10)8-13(12)14(19)9-15(16)23(20,21)22/h1-9,18-19H,17H2,(H,20,21,22). The van der Waals surface area contributed by atoms with Crippen LogP contribution >= 0.6 is 0 Å². The smallest absolute Gasteiger partial charge is 0.296 e. The summed E-state index contributed by atoms with van der Waals surface area (Å²) < 4.78 is 31.8. The number of nitrogens with one attached hydrogen (secondary N) is 1. The molecule has 0 spiro atoms. The minimum absolute atomic E-state index is 0.105. The Labute approximate surface area is 132 Å². The van der Waals surface area contributed by atoms with Crippen LogP contribution < -0.4 is 11.1 Å². The number of hydrogen-bond acceptors (Lipinski definition) is 5. The molecule has 3 aromatic carbocycles. The lowest BCUT2D eigenvalue weighted by Gasteiger charge is -2.12. The van der Waals surface area contributed by atoms with Crippen LogP contribution in [0.3, 0.4) is 0 Å². The normalized spacial score (nSPS) is 11.5. The summed E-state index contributed by atoms with van der Waals surface area (Å²) in [6.07, 6.45) is 0. The second-order valence-corrected chi connectivity index (χ2v) is 6.42. The molecule has 0 aromatic heterocycles. The van der Waals surface area contributed by atoms with Crippen molar-refractivity contribution in [2.45, 2.75) is 4.90 Å². The number of benzene rings is 3. The van der Waals surface area contributed by atoms with Crippen LogP contribution in [-0.2, 0) is 10.1 Å². The molecule has 0 aliphatic rings. The van der Waals surface area contributed by atoms with Gasteiger partial charge in [0.05, 0.1) is 5.69 Å². The van der Waals surface area contributed by atoms with Crippen molar-refractivity contribution >= 4 is 38.0 Å². The quantitative estimate of drug-likeness (QED) is 0.333. The number of phenols is 1. The van der Waals surface area contributed by atoms with Crippen LogP contribution in [0.25, 0.3) is 10.8 Å². The summed E-state index contributed by atoms with van der Waals surface area (Å²) >= 11 is 0. The van der Waals surface area contributed by atoms with Crippen molar-refractivity contribution in [1.82, 2.24) is 0 Å². The zero-order valence-electron chi connectivity index (χ0n) is 11.9. The number of para-hydroxylation sites is 1. The molecule has 0 heterocycles. The molecule has 3 aromatic rings. The zero-order valence-corrected chi connectivity index (χ0v) is 12.7. The van der Waals surface area contributed by atoms with Crippen LogP contribution in [0.4, 0.5) is 17.1 Å². The Morgan fingerprint density at radius 3 is 2.26 bits per heavy atom. The Hall–Kier alpha value is -2.77. The molecule has 0 atom stereocenters. The third-order valence-corrected chi connectivity index (χ3v) is 4.35. The molecular weight excluding hydrogens is 316 g/mol. The van der Waals surface area contributed by atoms with E-state index < -0.39 is 15.0 Å². The SMILES string of the molecule is Nc1c(S(=O)(=O)O)cc(O)c2cc(Nc3ccccc3)ccc12. The van der Waals surface area contributed by atoms with Crippen LogP contribution in [-0.4, -0.2) is 18.1 Å². The van der Waals surface area contributed by atoms with Gasteiger partial charge >= 0.3 is 0 Å². The summed E-state index contributed by atoms with van der Waals surface area (Å²) in [6, 6.07) is 15.3. The van der Waals surface area contributed by atoms with Gasteiger partial charge < -0.3 is 16.2 Å². The fraction of sp³-hybridized carbons (Fsp3) is 0. The molecule has 23 heavy (non-hydrogen) atoms. The number of hydrogen-bond donors (Lipinski definition) is 4. The second-order valence-electron chi connectivity index (χ2n) is 5.03. The van der Waals surface area contributed by atoms with Crippen LogP contribution in [0.2, 0.25) is 0 Å². The summed E-state index contributed by atoms with van der Waals surface area (Å²) in [4.78, 5) is -0.508. The largest absolute Gasteiger partial charge is 0.507 e. The Bertz CT molecular complexity index is 986. The van der Waals surface area contributed by atoms with Gasteiger partial charge in [0.15, 0.2) is 0 Å². The average molecular weight is 330 g/mol. The van der Waals surface area contributed by atoms with E-state index in [4.69, 9.17) is 5.73 Å². The molecule has 0 aliphatic heterocycles. The predicted molar refractivity (Wildman–Crippen MR) is 89.6 cm³/mol. The summed E-state index contributed by atoms with van der Waals surface area (Å²) in [5, 5.41) is 14.0. The zero-order chi connectivity index (χ0) is 16.6. The monoisotopic (exact) mass is 330 g/mol. The fourth-order valence-electron chi connectivity index (χ4n) is 2.38. The second kappa shape index (κ2) is 5.45. The van der Waals surface area contributed by atoms with Gasteiger partial charge in [-0.15, -0.1) is 0 Å². The highest BCUT2D eigenvalue weighted by atomic mass is 32.2. The molecule has 0 saturated carbocycles. The molecule has 5 N–H and O–H groups in total. The predicted octanol–water partition coefficient (Wildman–Crippen LogP) is 3.12. The number of fused-ring (bicyclic) bond motifs is 1. The van der Waals surface area contributed by atoms with E-state index in [-0.39, 0.29) is 11.4 Å². The average Bonchev–Trinajstić information content (AvgIpc) is 2.51. The van der Waals surface area contributed by atoms with E-state index in [1.165, 1.54) is 0 Å². The van der Waals surface area contributed by atoms with Crippen LogP contribution in [0.5, 0.6) is 5.75 Å². The van der Waals surface area contributed by atoms with Crippen molar-refractivity contribution in [2.24, 2.45) is 0 Å². The Morgan fingerprint density at radius 2 is 1.61 bits per heavy atom. The molecule has 0 fully saturated rings. The van der Waals surface area contributed by atoms with Crippen molar-refractivity contribution < 1.29 is 18.1 Å². The van der Waals surface area contributed by atoms with Crippen molar-refractivity contribution in [3.8, 4) is 5.75 Å². The topological polar surface area (TPSA) is 113 Å². The molecule has 0 radical (unpaired) electrons. The molecule has 7 heteroatoms. The van der Waals surface area contributed by atoms with Gasteiger partial charge in [0.2, 0.25) is 0 Å². The van der Waals surface area contributed by atoms with Gasteiger partial charge in [-0.3, -0.25) is 4.55 Å². The first-order chi connectivity index (χ1) is 10.9. The molecule has 3 rings (SSSR count). The lowest BCUT2D eigenvalue weighted by atomic mass is 10.1. The fourth-order valence-corrected chi connectivity index (χ4v) is 3.03. The number of anilines is 3. The van der Waals surface area contributed by atoms with Crippen LogP contribution in [0, 0.1) is 0 Å². The van der Waals surface area contributed by atoms with Crippen LogP contribution in [0.15, 0.2) is 59.5 Å². The minimum Gasteiger partial charge on any atom is -0.507 e. The Kier molecular flexibility index (Phi) is 3.59. The molecule has 0 bridgehead atoms. The van der Waals surface area contributed by atoms with Crippen molar-refractivity contribution in [3.05, 3.63) is 54.6 Å². The molecule has 0 saturated heterocycles. The van der Waals surface area contributed by atoms with E-state index in [9.17, 15) is 18.1 Å². The first kappa shape index (κ1) is 15.1. The Morgan fingerprint density at radius 1 is 0.913 bits per heavy atom. The van der Waals surface area contributed by atoms with E-state index in [1.54, 1.807) is 18.2 Å². The van der Waals surface area contributed by atoms with Crippen molar-refractivity contribution in [2.75, 3.05) is 11.1 Å². The summed E-state index contributed by atoms with van der Waals surface area (Å²) in [6.45, 7) is 0. The number of aromatic hydroxyl groups is 1. The van der Waals surface area contributed by atoms with Crippen molar-refractivity contribution in [1.29, 1.82) is 0 Å². The lowest BCUT2D eigenvalue weighted by molar-refractivity contribution is 0.471. The van der Waals surface area contributed by atoms with E-state index in [0.717, 1.165) is 11.8 Å². The third-order valence-electron chi connectivity index (χ3n) is 3.46. The number of nitrogen functional groups attached to an aromatic ring is 1. The van der Waals surface area contributed by atoms with Gasteiger partial charge in [-0.1, -0.05) is 24.3 Å². The molecule has 0 amide bonds. The van der Waals surface area contributed by atoms with E-state index >= 15 is 0 Å². The van der Waals surface area contributed by atoms with E-state index in [2.05, 4.69) is 5.32 Å². The first-order valence-corrected chi connectivity index (χ1v) is 8.15. The molecule has 0 unspecified atom stereocenters. The van der Waals surface area contributed by atoms with E-state index in [0.29, 0.717) is 16.5 Å². The minimum atomic E-state index is -4.51. The summed E-state index contributed by atoms with van der Waals surface area (Å²) in [5.74, 6) is -0.279. The molecule has 0 aliphatic carbocycles. The number of rotatable bonds is 3. The summed E-state index contributed by atoms with van der Waals surface area (Å²) in [5.41, 5.74) is 7.28. The van der Waals surface area contributed by atoms with Gasteiger partial charge in [0, 0.05) is 28.2 Å². The maximum atomic E-state index is 11.3. The van der Waals surface area contributed by atoms with Gasteiger partial charge in [-0.2, -0.15) is 8.42 Å².